The van der Waals surface area contributed by atoms with Crippen LogP contribution in [0.4, 0.5) is 5.69 Å². The summed E-state index contributed by atoms with van der Waals surface area (Å²) in [7, 11) is 0. The number of hydrogen-bond acceptors (Lipinski definition) is 3. The molecular weight excluding hydrogens is 262 g/mol. The predicted octanol–water partition coefficient (Wildman–Crippen LogP) is 2.83. The molecule has 0 fully saturated rings. The molecule has 0 saturated heterocycles. The average Bonchev–Trinajstić information content (AvgIpc) is 2.43. The second-order valence-electron chi connectivity index (χ2n) is 4.15. The third-order valence-electron chi connectivity index (χ3n) is 2.77. The van der Waals surface area contributed by atoms with Gasteiger partial charge < -0.3 is 10.6 Å². The number of halogens is 1. The van der Waals surface area contributed by atoms with Crippen molar-refractivity contribution < 1.29 is 4.79 Å². The number of anilines is 1. The number of fused-ring (bicyclic) bond motifs is 1. The molecule has 0 bridgehead atoms. The van der Waals surface area contributed by atoms with Crippen LogP contribution in [0, 0.1) is 0 Å². The molecule has 1 amide bonds. The zero-order valence-electron chi connectivity index (χ0n) is 10.7. The van der Waals surface area contributed by atoms with Gasteiger partial charge >= 0.3 is 0 Å². The van der Waals surface area contributed by atoms with Crippen LogP contribution in [0.15, 0.2) is 30.5 Å². The van der Waals surface area contributed by atoms with Gasteiger partial charge in [-0.25, -0.2) is 0 Å². The van der Waals surface area contributed by atoms with Crippen LogP contribution in [0.2, 0.25) is 5.02 Å². The van der Waals surface area contributed by atoms with Gasteiger partial charge in [0.2, 0.25) is 5.91 Å². The van der Waals surface area contributed by atoms with E-state index in [4.69, 9.17) is 11.6 Å². The molecule has 2 aromatic rings. The minimum absolute atomic E-state index is 0.0322. The maximum atomic E-state index is 11.8. The van der Waals surface area contributed by atoms with Gasteiger partial charge in [-0.05, 0) is 30.8 Å². The fourth-order valence-electron chi connectivity index (χ4n) is 1.83. The molecule has 1 aromatic heterocycles. The smallest absolute Gasteiger partial charge is 0.225 e. The summed E-state index contributed by atoms with van der Waals surface area (Å²) in [5, 5.41) is 7.46. The Morgan fingerprint density at radius 1 is 1.37 bits per heavy atom. The number of nitrogens with zero attached hydrogens (tertiary/aromatic N) is 1. The van der Waals surface area contributed by atoms with Crippen LogP contribution in [-0.4, -0.2) is 24.0 Å². The van der Waals surface area contributed by atoms with E-state index in [1.807, 2.05) is 19.1 Å². The van der Waals surface area contributed by atoms with Gasteiger partial charge in [-0.1, -0.05) is 18.5 Å². The second kappa shape index (κ2) is 6.50. The van der Waals surface area contributed by atoms with Gasteiger partial charge in [0.05, 0.1) is 16.2 Å². The maximum absolute atomic E-state index is 11.8. The standard InChI is InChI=1S/C14H16ClN3O/c1-2-16-9-7-13(19)18-12-6-5-11(15)10-4-3-8-17-14(10)12/h3-6,8,16H,2,7,9H2,1H3,(H,18,19). The zero-order chi connectivity index (χ0) is 13.7. The molecule has 1 heterocycles. The summed E-state index contributed by atoms with van der Waals surface area (Å²) >= 11 is 6.11. The number of carbonyl (C=O) groups is 1. The molecule has 0 aliphatic heterocycles. The third-order valence-corrected chi connectivity index (χ3v) is 3.10. The highest BCUT2D eigenvalue weighted by atomic mass is 35.5. The molecule has 2 rings (SSSR count). The topological polar surface area (TPSA) is 54.0 Å². The summed E-state index contributed by atoms with van der Waals surface area (Å²) in [6, 6.07) is 7.26. The van der Waals surface area contributed by atoms with Crippen molar-refractivity contribution in [2.75, 3.05) is 18.4 Å². The molecule has 5 heteroatoms. The molecule has 0 spiro atoms. The lowest BCUT2D eigenvalue weighted by Gasteiger charge is -2.09. The SMILES string of the molecule is CCNCCC(=O)Nc1ccc(Cl)c2cccnc12. The fraction of sp³-hybridized carbons (Fsp3) is 0.286. The molecule has 0 aliphatic rings. The lowest BCUT2D eigenvalue weighted by molar-refractivity contribution is -0.116. The van der Waals surface area contributed by atoms with Gasteiger partial charge in [0, 0.05) is 24.5 Å². The summed E-state index contributed by atoms with van der Waals surface area (Å²) in [6.07, 6.45) is 2.12. The van der Waals surface area contributed by atoms with Crippen LogP contribution in [0.1, 0.15) is 13.3 Å². The van der Waals surface area contributed by atoms with Crippen LogP contribution in [0.5, 0.6) is 0 Å². The summed E-state index contributed by atoms with van der Waals surface area (Å²) < 4.78 is 0. The molecule has 2 N–H and O–H groups in total. The lowest BCUT2D eigenvalue weighted by atomic mass is 10.2. The second-order valence-corrected chi connectivity index (χ2v) is 4.55. The largest absolute Gasteiger partial charge is 0.324 e. The number of amides is 1. The van der Waals surface area contributed by atoms with Gasteiger partial charge in [0.15, 0.2) is 0 Å². The van der Waals surface area contributed by atoms with Crippen molar-refractivity contribution in [3.05, 3.63) is 35.5 Å². The van der Waals surface area contributed by atoms with Crippen molar-refractivity contribution in [3.63, 3.8) is 0 Å². The highest BCUT2D eigenvalue weighted by Gasteiger charge is 2.08. The molecule has 19 heavy (non-hydrogen) atoms. The van der Waals surface area contributed by atoms with E-state index in [9.17, 15) is 4.79 Å². The Labute approximate surface area is 117 Å². The minimum atomic E-state index is -0.0322. The van der Waals surface area contributed by atoms with Crippen LogP contribution in [0.3, 0.4) is 0 Å². The Hall–Kier alpha value is -1.65. The normalized spacial score (nSPS) is 10.6. The quantitative estimate of drug-likeness (QED) is 0.827. The predicted molar refractivity (Wildman–Crippen MR) is 78.5 cm³/mol. The molecule has 0 aliphatic carbocycles. The van der Waals surface area contributed by atoms with Crippen molar-refractivity contribution in [1.29, 1.82) is 0 Å². The third kappa shape index (κ3) is 3.43. The Kier molecular flexibility index (Phi) is 4.71. The Morgan fingerprint density at radius 3 is 3.00 bits per heavy atom. The number of nitrogens with one attached hydrogen (secondary N) is 2. The molecule has 0 saturated carbocycles. The van der Waals surface area contributed by atoms with Gasteiger partial charge in [-0.15, -0.1) is 0 Å². The molecule has 0 radical (unpaired) electrons. The first kappa shape index (κ1) is 13.8. The van der Waals surface area contributed by atoms with Gasteiger partial charge in [0.25, 0.3) is 0 Å². The van der Waals surface area contributed by atoms with Crippen molar-refractivity contribution in [1.82, 2.24) is 10.3 Å². The van der Waals surface area contributed by atoms with E-state index in [2.05, 4.69) is 15.6 Å². The van der Waals surface area contributed by atoms with E-state index in [0.717, 1.165) is 11.9 Å². The first-order valence-electron chi connectivity index (χ1n) is 6.26. The van der Waals surface area contributed by atoms with Crippen molar-refractivity contribution in [2.24, 2.45) is 0 Å². The summed E-state index contributed by atoms with van der Waals surface area (Å²) in [5.41, 5.74) is 1.41. The molecule has 1 aromatic carbocycles. The first-order valence-corrected chi connectivity index (χ1v) is 6.64. The van der Waals surface area contributed by atoms with Crippen molar-refractivity contribution >= 4 is 34.1 Å². The highest BCUT2D eigenvalue weighted by Crippen LogP contribution is 2.27. The Morgan fingerprint density at radius 2 is 2.21 bits per heavy atom. The summed E-state index contributed by atoms with van der Waals surface area (Å²) in [4.78, 5) is 16.1. The summed E-state index contributed by atoms with van der Waals surface area (Å²) in [5.74, 6) is -0.0322. The number of rotatable bonds is 5. The molecular formula is C14H16ClN3O. The van der Waals surface area contributed by atoms with Crippen LogP contribution in [-0.2, 0) is 4.79 Å². The number of benzene rings is 1. The van der Waals surface area contributed by atoms with E-state index in [-0.39, 0.29) is 5.91 Å². The van der Waals surface area contributed by atoms with Crippen molar-refractivity contribution in [2.45, 2.75) is 13.3 Å². The molecule has 4 nitrogen and oxygen atoms in total. The lowest BCUT2D eigenvalue weighted by Crippen LogP contribution is -2.21. The molecule has 0 unspecified atom stereocenters. The van der Waals surface area contributed by atoms with E-state index in [1.54, 1.807) is 18.3 Å². The van der Waals surface area contributed by atoms with E-state index >= 15 is 0 Å². The minimum Gasteiger partial charge on any atom is -0.324 e. The van der Waals surface area contributed by atoms with Gasteiger partial charge in [0.1, 0.15) is 0 Å². The van der Waals surface area contributed by atoms with E-state index < -0.39 is 0 Å². The Bertz CT molecular complexity index is 586. The van der Waals surface area contributed by atoms with E-state index in [0.29, 0.717) is 29.2 Å². The van der Waals surface area contributed by atoms with Gasteiger partial charge in [-0.3, -0.25) is 9.78 Å². The number of pyridine rings is 1. The summed E-state index contributed by atoms with van der Waals surface area (Å²) in [6.45, 7) is 3.54. The number of carbonyl (C=O) groups excluding carboxylic acids is 1. The van der Waals surface area contributed by atoms with Crippen LogP contribution in [0.25, 0.3) is 10.9 Å². The maximum Gasteiger partial charge on any atom is 0.225 e. The van der Waals surface area contributed by atoms with Crippen LogP contribution >= 0.6 is 11.6 Å². The highest BCUT2D eigenvalue weighted by molar-refractivity contribution is 6.35. The van der Waals surface area contributed by atoms with E-state index in [1.165, 1.54) is 0 Å². The zero-order valence-corrected chi connectivity index (χ0v) is 11.5. The number of aromatic nitrogens is 1. The van der Waals surface area contributed by atoms with Crippen LogP contribution < -0.4 is 10.6 Å². The van der Waals surface area contributed by atoms with Gasteiger partial charge in [-0.2, -0.15) is 0 Å². The monoisotopic (exact) mass is 277 g/mol. The Balaban J connectivity index is 2.17. The molecule has 100 valence electrons. The average molecular weight is 278 g/mol. The first-order chi connectivity index (χ1) is 9.22. The fourth-order valence-corrected chi connectivity index (χ4v) is 2.05. The molecule has 0 atom stereocenters. The number of hydrogen-bond donors (Lipinski definition) is 2. The van der Waals surface area contributed by atoms with Crippen molar-refractivity contribution in [3.8, 4) is 0 Å².